The summed E-state index contributed by atoms with van der Waals surface area (Å²) in [6.45, 7) is 0.357. The Balaban J connectivity index is 2.38. The van der Waals surface area contributed by atoms with Gasteiger partial charge in [0.25, 0.3) is 0 Å². The van der Waals surface area contributed by atoms with Gasteiger partial charge in [0.2, 0.25) is 0 Å². The minimum atomic E-state index is -0.313. The van der Waals surface area contributed by atoms with Crippen LogP contribution in [0.1, 0.15) is 17.0 Å². The maximum atomic E-state index is 13.6. The fraction of sp³-hybridized carbons (Fsp3) is 0.294. The van der Waals surface area contributed by atoms with Gasteiger partial charge in [0, 0.05) is 16.5 Å². The zero-order valence-electron chi connectivity index (χ0n) is 12.6. The van der Waals surface area contributed by atoms with Crippen LogP contribution in [0.4, 0.5) is 4.39 Å². The highest BCUT2D eigenvalue weighted by molar-refractivity contribution is 6.30. The summed E-state index contributed by atoms with van der Waals surface area (Å²) in [6.07, 6.45) is 0.583. The summed E-state index contributed by atoms with van der Waals surface area (Å²) in [5, 5.41) is 0.623. The van der Waals surface area contributed by atoms with E-state index in [1.807, 2.05) is 12.1 Å². The number of ether oxygens (including phenoxy) is 2. The highest BCUT2D eigenvalue weighted by Crippen LogP contribution is 2.33. The van der Waals surface area contributed by atoms with Gasteiger partial charge >= 0.3 is 0 Å². The molecule has 0 aliphatic carbocycles. The van der Waals surface area contributed by atoms with Crippen LogP contribution in [-0.2, 0) is 6.42 Å². The van der Waals surface area contributed by atoms with Crippen LogP contribution in [0.5, 0.6) is 11.5 Å². The van der Waals surface area contributed by atoms with Gasteiger partial charge in [-0.1, -0.05) is 11.6 Å². The number of hydrogen-bond donors (Lipinski definition) is 1. The van der Waals surface area contributed by atoms with Crippen molar-refractivity contribution in [2.24, 2.45) is 5.73 Å². The molecule has 3 nitrogen and oxygen atoms in total. The molecule has 118 valence electrons. The second-order valence-electron chi connectivity index (χ2n) is 4.98. The minimum absolute atomic E-state index is 0.0991. The molecular formula is C17H19ClFNO2. The van der Waals surface area contributed by atoms with E-state index in [1.54, 1.807) is 26.4 Å². The molecule has 2 rings (SSSR count). The van der Waals surface area contributed by atoms with Crippen LogP contribution in [0, 0.1) is 5.82 Å². The van der Waals surface area contributed by atoms with E-state index < -0.39 is 0 Å². The number of benzene rings is 2. The predicted molar refractivity (Wildman–Crippen MR) is 86.5 cm³/mol. The molecule has 2 aromatic carbocycles. The third-order valence-electron chi connectivity index (χ3n) is 3.62. The smallest absolute Gasteiger partial charge is 0.123 e. The highest BCUT2D eigenvalue weighted by atomic mass is 35.5. The van der Waals surface area contributed by atoms with Crippen LogP contribution >= 0.6 is 11.6 Å². The van der Waals surface area contributed by atoms with Crippen molar-refractivity contribution >= 4 is 11.6 Å². The zero-order chi connectivity index (χ0) is 16.1. The van der Waals surface area contributed by atoms with E-state index >= 15 is 0 Å². The summed E-state index contributed by atoms with van der Waals surface area (Å²) in [5.74, 6) is 0.946. The molecule has 2 N–H and O–H groups in total. The molecule has 0 amide bonds. The van der Waals surface area contributed by atoms with Gasteiger partial charge in [-0.25, -0.2) is 4.39 Å². The maximum absolute atomic E-state index is 13.6. The van der Waals surface area contributed by atoms with Crippen molar-refractivity contribution in [2.45, 2.75) is 12.3 Å². The lowest BCUT2D eigenvalue weighted by Gasteiger charge is -2.20. The number of rotatable bonds is 6. The van der Waals surface area contributed by atoms with Gasteiger partial charge in [0.15, 0.2) is 0 Å². The molecule has 22 heavy (non-hydrogen) atoms. The Morgan fingerprint density at radius 2 is 1.77 bits per heavy atom. The Labute approximate surface area is 134 Å². The quantitative estimate of drug-likeness (QED) is 0.880. The second kappa shape index (κ2) is 7.47. The molecule has 0 radical (unpaired) electrons. The average Bonchev–Trinajstić information content (AvgIpc) is 2.52. The Morgan fingerprint density at radius 1 is 1.09 bits per heavy atom. The van der Waals surface area contributed by atoms with Crippen LogP contribution < -0.4 is 15.2 Å². The summed E-state index contributed by atoms with van der Waals surface area (Å²) < 4.78 is 24.3. The van der Waals surface area contributed by atoms with E-state index in [9.17, 15) is 4.39 Å². The average molecular weight is 324 g/mol. The third kappa shape index (κ3) is 3.70. The van der Waals surface area contributed by atoms with Gasteiger partial charge in [0.1, 0.15) is 17.3 Å². The summed E-state index contributed by atoms with van der Waals surface area (Å²) >= 11 is 6.06. The van der Waals surface area contributed by atoms with Gasteiger partial charge in [0.05, 0.1) is 14.2 Å². The fourth-order valence-electron chi connectivity index (χ4n) is 2.52. The molecule has 0 aliphatic rings. The normalized spacial score (nSPS) is 12.0. The van der Waals surface area contributed by atoms with Gasteiger partial charge in [-0.2, -0.15) is 0 Å². The molecule has 0 aliphatic heterocycles. The number of hydrogen-bond acceptors (Lipinski definition) is 3. The summed E-state index contributed by atoms with van der Waals surface area (Å²) in [7, 11) is 3.16. The molecule has 5 heteroatoms. The molecule has 0 saturated carbocycles. The second-order valence-corrected chi connectivity index (χ2v) is 5.42. The number of nitrogens with two attached hydrogens (primary N) is 1. The van der Waals surface area contributed by atoms with Crippen molar-refractivity contribution in [3.63, 3.8) is 0 Å². The molecule has 0 heterocycles. The zero-order valence-corrected chi connectivity index (χ0v) is 13.4. The van der Waals surface area contributed by atoms with Crippen LogP contribution in [0.25, 0.3) is 0 Å². The fourth-order valence-corrected chi connectivity index (χ4v) is 2.71. The number of methoxy groups -OCH3 is 2. The molecule has 0 bridgehead atoms. The summed E-state index contributed by atoms with van der Waals surface area (Å²) in [6, 6.07) is 9.87. The van der Waals surface area contributed by atoms with Gasteiger partial charge in [-0.15, -0.1) is 0 Å². The lowest BCUT2D eigenvalue weighted by Crippen LogP contribution is -2.16. The first-order valence-corrected chi connectivity index (χ1v) is 7.32. The summed E-state index contributed by atoms with van der Waals surface area (Å²) in [5.41, 5.74) is 7.57. The van der Waals surface area contributed by atoms with E-state index in [0.717, 1.165) is 16.9 Å². The lowest BCUT2D eigenvalue weighted by atomic mass is 9.91. The van der Waals surface area contributed by atoms with E-state index in [0.29, 0.717) is 23.7 Å². The van der Waals surface area contributed by atoms with Crippen molar-refractivity contribution in [3.05, 3.63) is 58.4 Å². The van der Waals surface area contributed by atoms with Crippen LogP contribution in [0.3, 0.4) is 0 Å². The highest BCUT2D eigenvalue weighted by Gasteiger charge is 2.18. The molecular weight excluding hydrogens is 305 g/mol. The monoisotopic (exact) mass is 323 g/mol. The van der Waals surface area contributed by atoms with E-state index in [2.05, 4.69) is 0 Å². The topological polar surface area (TPSA) is 44.5 Å². The van der Waals surface area contributed by atoms with Crippen LogP contribution in [0.15, 0.2) is 36.4 Å². The van der Waals surface area contributed by atoms with E-state index in [1.165, 1.54) is 12.1 Å². The summed E-state index contributed by atoms with van der Waals surface area (Å²) in [4.78, 5) is 0. The van der Waals surface area contributed by atoms with Gasteiger partial charge in [-0.3, -0.25) is 0 Å². The first-order chi connectivity index (χ1) is 10.6. The standard InChI is InChI=1S/C17H19ClFNO2/c1-21-16-5-3-13(18)8-11(16)7-12(10-20)15-9-14(19)4-6-17(15)22-2/h3-6,8-9,12H,7,10,20H2,1-2H3. The molecule has 0 fully saturated rings. The van der Waals surface area contributed by atoms with Crippen LogP contribution in [0.2, 0.25) is 5.02 Å². The van der Waals surface area contributed by atoms with Crippen molar-refractivity contribution < 1.29 is 13.9 Å². The first kappa shape index (κ1) is 16.6. The van der Waals surface area contributed by atoms with Gasteiger partial charge in [-0.05, 0) is 54.9 Å². The molecule has 0 aromatic heterocycles. The van der Waals surface area contributed by atoms with Crippen LogP contribution in [-0.4, -0.2) is 20.8 Å². The molecule has 0 spiro atoms. The van der Waals surface area contributed by atoms with Crippen molar-refractivity contribution in [1.29, 1.82) is 0 Å². The maximum Gasteiger partial charge on any atom is 0.123 e. The predicted octanol–water partition coefficient (Wildman–Crippen LogP) is 3.78. The molecule has 1 atom stereocenters. The first-order valence-electron chi connectivity index (χ1n) is 6.95. The van der Waals surface area contributed by atoms with Gasteiger partial charge < -0.3 is 15.2 Å². The molecule has 2 aromatic rings. The van der Waals surface area contributed by atoms with Crippen molar-refractivity contribution in [1.82, 2.24) is 0 Å². The Kier molecular flexibility index (Phi) is 5.63. The largest absolute Gasteiger partial charge is 0.496 e. The Morgan fingerprint density at radius 3 is 2.41 bits per heavy atom. The number of halogens is 2. The molecule has 0 saturated heterocycles. The lowest BCUT2D eigenvalue weighted by molar-refractivity contribution is 0.399. The van der Waals surface area contributed by atoms with E-state index in [-0.39, 0.29) is 11.7 Å². The van der Waals surface area contributed by atoms with Crippen molar-refractivity contribution in [3.8, 4) is 11.5 Å². The minimum Gasteiger partial charge on any atom is -0.496 e. The van der Waals surface area contributed by atoms with E-state index in [4.69, 9.17) is 26.8 Å². The Bertz CT molecular complexity index is 649. The molecule has 1 unspecified atom stereocenters. The Hall–Kier alpha value is -1.78. The van der Waals surface area contributed by atoms with Crippen molar-refractivity contribution in [2.75, 3.05) is 20.8 Å². The SMILES string of the molecule is COc1ccc(Cl)cc1CC(CN)c1cc(F)ccc1OC. The third-order valence-corrected chi connectivity index (χ3v) is 3.86.